The minimum Gasteiger partial charge on any atom is -0.466 e. The van der Waals surface area contributed by atoms with E-state index in [9.17, 15) is 9.59 Å². The molecule has 3 aromatic rings. The highest BCUT2D eigenvalue weighted by molar-refractivity contribution is 5.95. The van der Waals surface area contributed by atoms with Crippen LogP contribution in [-0.2, 0) is 22.4 Å². The lowest BCUT2D eigenvalue weighted by Gasteiger charge is -2.18. The topological polar surface area (TPSA) is 99.0 Å². The van der Waals surface area contributed by atoms with Crippen molar-refractivity contribution in [2.75, 3.05) is 13.2 Å². The van der Waals surface area contributed by atoms with Gasteiger partial charge in [-0.1, -0.05) is 24.3 Å². The summed E-state index contributed by atoms with van der Waals surface area (Å²) in [6, 6.07) is 8.24. The Bertz CT molecular complexity index is 1110. The van der Waals surface area contributed by atoms with E-state index >= 15 is 0 Å². The Morgan fingerprint density at radius 2 is 1.97 bits per heavy atom. The summed E-state index contributed by atoms with van der Waals surface area (Å²) in [6.07, 6.45) is 5.33. The van der Waals surface area contributed by atoms with Crippen molar-refractivity contribution >= 4 is 11.9 Å². The van der Waals surface area contributed by atoms with Crippen LogP contribution in [0.3, 0.4) is 0 Å². The number of hydrogen-bond acceptors (Lipinski definition) is 6. The van der Waals surface area contributed by atoms with E-state index in [2.05, 4.69) is 27.5 Å². The van der Waals surface area contributed by atoms with Gasteiger partial charge in [-0.05, 0) is 37.8 Å². The summed E-state index contributed by atoms with van der Waals surface area (Å²) in [5, 5.41) is 7.05. The predicted molar refractivity (Wildman–Crippen MR) is 110 cm³/mol. The number of esters is 1. The van der Waals surface area contributed by atoms with E-state index in [-0.39, 0.29) is 24.8 Å². The third-order valence-electron chi connectivity index (χ3n) is 5.15. The highest BCUT2D eigenvalue weighted by Crippen LogP contribution is 2.31. The molecule has 1 amide bonds. The Kier molecular flexibility index (Phi) is 5.56. The zero-order valence-corrected chi connectivity index (χ0v) is 17.0. The van der Waals surface area contributed by atoms with Gasteiger partial charge in [-0.3, -0.25) is 9.59 Å². The number of hydrogen-bond donors (Lipinski definition) is 1. The molecule has 0 bridgehead atoms. The van der Waals surface area contributed by atoms with Crippen LogP contribution in [0.2, 0.25) is 0 Å². The van der Waals surface area contributed by atoms with Crippen LogP contribution in [0.4, 0.5) is 0 Å². The fourth-order valence-corrected chi connectivity index (χ4v) is 3.59. The van der Waals surface area contributed by atoms with Crippen LogP contribution in [-0.4, -0.2) is 44.8 Å². The summed E-state index contributed by atoms with van der Waals surface area (Å²) < 4.78 is 6.43. The van der Waals surface area contributed by atoms with E-state index in [1.54, 1.807) is 18.5 Å². The summed E-state index contributed by atoms with van der Waals surface area (Å²) in [6.45, 7) is 4.07. The molecule has 0 atom stereocenters. The first-order valence-corrected chi connectivity index (χ1v) is 10.0. The Morgan fingerprint density at radius 3 is 2.80 bits per heavy atom. The molecule has 1 N–H and O–H groups in total. The number of carbonyl (C=O) groups excluding carboxylic acids is 2. The molecule has 0 unspecified atom stereocenters. The van der Waals surface area contributed by atoms with Gasteiger partial charge in [0.15, 0.2) is 0 Å². The number of aromatic nitrogens is 4. The molecule has 0 radical (unpaired) electrons. The van der Waals surface area contributed by atoms with Gasteiger partial charge in [0.1, 0.15) is 0 Å². The zero-order valence-electron chi connectivity index (χ0n) is 17.0. The van der Waals surface area contributed by atoms with E-state index in [0.29, 0.717) is 23.8 Å². The average Bonchev–Trinajstić information content (AvgIpc) is 3.14. The first-order chi connectivity index (χ1) is 14.6. The Labute approximate surface area is 174 Å². The average molecular weight is 405 g/mol. The third kappa shape index (κ3) is 3.80. The van der Waals surface area contributed by atoms with E-state index in [1.165, 1.54) is 11.8 Å². The van der Waals surface area contributed by atoms with Gasteiger partial charge < -0.3 is 10.1 Å². The second-order valence-corrected chi connectivity index (χ2v) is 7.07. The van der Waals surface area contributed by atoms with Gasteiger partial charge in [-0.25, -0.2) is 14.6 Å². The van der Waals surface area contributed by atoms with Crippen LogP contribution in [0.5, 0.6) is 0 Å². The fraction of sp³-hybridized carbons (Fsp3) is 0.318. The van der Waals surface area contributed by atoms with Crippen LogP contribution >= 0.6 is 0 Å². The number of fused-ring (bicyclic) bond motifs is 3. The summed E-state index contributed by atoms with van der Waals surface area (Å²) >= 11 is 0. The van der Waals surface area contributed by atoms with Gasteiger partial charge in [-0.15, -0.1) is 0 Å². The number of aryl methyl sites for hydroxylation is 2. The van der Waals surface area contributed by atoms with Gasteiger partial charge in [0, 0.05) is 18.3 Å². The van der Waals surface area contributed by atoms with Crippen molar-refractivity contribution in [2.24, 2.45) is 0 Å². The second kappa shape index (κ2) is 8.44. The lowest BCUT2D eigenvalue weighted by molar-refractivity contribution is -0.142. The number of nitrogens with one attached hydrogen (secondary N) is 1. The molecule has 0 saturated carbocycles. The molecule has 8 heteroatoms. The SMILES string of the molecule is CCOC(=O)CCNC(=O)c1cnn(-c2ncc3c(n2)-c2ccccc2CC3)c1C. The Hall–Kier alpha value is -3.55. The second-order valence-electron chi connectivity index (χ2n) is 7.07. The summed E-state index contributed by atoms with van der Waals surface area (Å²) in [4.78, 5) is 33.1. The van der Waals surface area contributed by atoms with Crippen molar-refractivity contribution in [3.05, 3.63) is 59.0 Å². The molecule has 0 fully saturated rings. The normalized spacial score (nSPS) is 12.1. The molecule has 30 heavy (non-hydrogen) atoms. The van der Waals surface area contributed by atoms with Crippen LogP contribution in [0.15, 0.2) is 36.7 Å². The molecular formula is C22H23N5O3. The van der Waals surface area contributed by atoms with E-state index < -0.39 is 0 Å². The number of nitrogens with zero attached hydrogens (tertiary/aromatic N) is 4. The minimum atomic E-state index is -0.340. The monoisotopic (exact) mass is 405 g/mol. The molecule has 0 spiro atoms. The maximum absolute atomic E-state index is 12.5. The lowest BCUT2D eigenvalue weighted by Crippen LogP contribution is -2.27. The van der Waals surface area contributed by atoms with Crippen molar-refractivity contribution in [1.29, 1.82) is 0 Å². The van der Waals surface area contributed by atoms with Gasteiger partial charge in [-0.2, -0.15) is 5.10 Å². The van der Waals surface area contributed by atoms with E-state index in [4.69, 9.17) is 9.72 Å². The first kappa shape index (κ1) is 19.8. The van der Waals surface area contributed by atoms with Crippen LogP contribution in [0, 0.1) is 6.92 Å². The van der Waals surface area contributed by atoms with Crippen molar-refractivity contribution in [1.82, 2.24) is 25.1 Å². The highest BCUT2D eigenvalue weighted by Gasteiger charge is 2.21. The van der Waals surface area contributed by atoms with Crippen molar-refractivity contribution < 1.29 is 14.3 Å². The molecule has 154 valence electrons. The van der Waals surface area contributed by atoms with Gasteiger partial charge in [0.2, 0.25) is 0 Å². The molecule has 2 aromatic heterocycles. The fourth-order valence-electron chi connectivity index (χ4n) is 3.59. The van der Waals surface area contributed by atoms with Crippen molar-refractivity contribution in [2.45, 2.75) is 33.1 Å². The van der Waals surface area contributed by atoms with Crippen LogP contribution in [0.1, 0.15) is 40.5 Å². The zero-order chi connectivity index (χ0) is 21.1. The molecule has 2 heterocycles. The van der Waals surface area contributed by atoms with Gasteiger partial charge >= 0.3 is 5.97 Å². The summed E-state index contributed by atoms with van der Waals surface area (Å²) in [5.41, 5.74) is 5.46. The maximum atomic E-state index is 12.5. The number of rotatable bonds is 6. The standard InChI is InChI=1S/C22H23N5O3/c1-3-30-19(28)10-11-23-21(29)18-13-25-27(14(18)2)22-24-12-16-9-8-15-6-4-5-7-17(15)20(16)26-22/h4-7,12-13H,3,8-11H2,1-2H3,(H,23,29). The minimum absolute atomic E-state index is 0.125. The molecular weight excluding hydrogens is 382 g/mol. The number of benzene rings is 1. The largest absolute Gasteiger partial charge is 0.466 e. The van der Waals surface area contributed by atoms with Crippen molar-refractivity contribution in [3.8, 4) is 17.2 Å². The molecule has 4 rings (SSSR count). The quantitative estimate of drug-likeness (QED) is 0.633. The number of ether oxygens (including phenoxy) is 1. The smallest absolute Gasteiger partial charge is 0.307 e. The molecule has 8 nitrogen and oxygen atoms in total. The lowest BCUT2D eigenvalue weighted by atomic mass is 9.90. The summed E-state index contributed by atoms with van der Waals surface area (Å²) in [7, 11) is 0. The predicted octanol–water partition coefficient (Wildman–Crippen LogP) is 2.42. The number of carbonyl (C=O) groups is 2. The Morgan fingerprint density at radius 1 is 1.17 bits per heavy atom. The molecule has 0 saturated heterocycles. The molecule has 0 aliphatic heterocycles. The number of amides is 1. The molecule has 1 aromatic carbocycles. The summed E-state index contributed by atoms with van der Waals surface area (Å²) in [5.74, 6) is -0.215. The Balaban J connectivity index is 1.55. The maximum Gasteiger partial charge on any atom is 0.307 e. The third-order valence-corrected chi connectivity index (χ3v) is 5.15. The molecule has 1 aliphatic rings. The van der Waals surface area contributed by atoms with E-state index in [1.807, 2.05) is 18.3 Å². The highest BCUT2D eigenvalue weighted by atomic mass is 16.5. The van der Waals surface area contributed by atoms with Crippen LogP contribution in [0.25, 0.3) is 17.2 Å². The molecule has 1 aliphatic carbocycles. The van der Waals surface area contributed by atoms with Gasteiger partial charge in [0.05, 0.1) is 36.2 Å². The van der Waals surface area contributed by atoms with Crippen LogP contribution < -0.4 is 5.32 Å². The van der Waals surface area contributed by atoms with Crippen molar-refractivity contribution in [3.63, 3.8) is 0 Å². The first-order valence-electron chi connectivity index (χ1n) is 10.0. The van der Waals surface area contributed by atoms with Gasteiger partial charge in [0.25, 0.3) is 11.9 Å². The van der Waals surface area contributed by atoms with E-state index in [0.717, 1.165) is 29.7 Å².